The van der Waals surface area contributed by atoms with Gasteiger partial charge < -0.3 is 20.0 Å². The van der Waals surface area contributed by atoms with Crippen LogP contribution in [0.1, 0.15) is 18.9 Å². The average Bonchev–Trinajstić information content (AvgIpc) is 2.81. The summed E-state index contributed by atoms with van der Waals surface area (Å²) >= 11 is 6.26. The second kappa shape index (κ2) is 8.59. The molecule has 1 aromatic rings. The number of piperazine rings is 1. The number of para-hydroxylation sites is 1. The molecule has 2 aliphatic rings. The van der Waals surface area contributed by atoms with Gasteiger partial charge in [-0.1, -0.05) is 36.7 Å². The number of halogens is 1. The minimum atomic E-state index is -4.20. The van der Waals surface area contributed by atoms with Gasteiger partial charge in [-0.25, -0.2) is 14.2 Å². The summed E-state index contributed by atoms with van der Waals surface area (Å²) in [5, 5.41) is 4.04. The van der Waals surface area contributed by atoms with Crippen LogP contribution in [0.3, 0.4) is 0 Å². The zero-order valence-corrected chi connectivity index (χ0v) is 16.8. The molecule has 0 aromatic heterocycles. The molecule has 146 valence electrons. The van der Waals surface area contributed by atoms with Crippen LogP contribution in [0.4, 0.5) is 5.69 Å². The first kappa shape index (κ1) is 20.1. The summed E-state index contributed by atoms with van der Waals surface area (Å²) in [6, 6.07) is 7.93. The first-order chi connectivity index (χ1) is 12.9. The normalized spacial score (nSPS) is 20.7. The Morgan fingerprint density at radius 3 is 2.67 bits per heavy atom. The van der Waals surface area contributed by atoms with Crippen molar-refractivity contribution in [3.05, 3.63) is 52.7 Å². The molecule has 27 heavy (non-hydrogen) atoms. The Kier molecular flexibility index (Phi) is 6.40. The Labute approximate surface area is 164 Å². The fraction of sp³-hybridized carbons (Fsp3) is 0.389. The van der Waals surface area contributed by atoms with E-state index in [1.165, 1.54) is 4.67 Å². The molecular weight excluding hydrogens is 387 g/mol. The minimum Gasteiger partial charge on any atom is -0.379 e. The van der Waals surface area contributed by atoms with Gasteiger partial charge in [0.25, 0.3) is 0 Å². The number of hydrogen-bond acceptors (Lipinski definition) is 4. The Hall–Kier alpha value is -1.63. The fourth-order valence-electron chi connectivity index (χ4n) is 3.16. The van der Waals surface area contributed by atoms with E-state index in [1.807, 2.05) is 43.3 Å². The van der Waals surface area contributed by atoms with Gasteiger partial charge >= 0.3 is 7.75 Å². The minimum absolute atomic E-state index is 0.286. The molecule has 0 atom stereocenters. The van der Waals surface area contributed by atoms with Crippen LogP contribution >= 0.6 is 19.3 Å². The Morgan fingerprint density at radius 2 is 2.00 bits per heavy atom. The number of amidine groups is 1. The molecule has 0 bridgehead atoms. The molecule has 1 saturated heterocycles. The molecule has 9 heteroatoms. The van der Waals surface area contributed by atoms with Gasteiger partial charge in [-0.3, -0.25) is 0 Å². The molecule has 0 saturated carbocycles. The number of fused-ring (bicyclic) bond motifs is 1. The summed E-state index contributed by atoms with van der Waals surface area (Å²) in [7, 11) is -4.20. The van der Waals surface area contributed by atoms with Crippen molar-refractivity contribution in [3.8, 4) is 0 Å². The number of nitrogens with one attached hydrogen (secondary N) is 1. The highest BCUT2D eigenvalue weighted by Crippen LogP contribution is 2.40. The number of hydrogen-bond donors (Lipinski definition) is 3. The van der Waals surface area contributed by atoms with Crippen molar-refractivity contribution in [2.24, 2.45) is 4.99 Å². The first-order valence-electron chi connectivity index (χ1n) is 8.92. The highest BCUT2D eigenvalue weighted by molar-refractivity contribution is 7.49. The van der Waals surface area contributed by atoms with Crippen LogP contribution in [0.2, 0.25) is 0 Å². The van der Waals surface area contributed by atoms with Crippen LogP contribution in [-0.2, 0) is 4.57 Å². The van der Waals surface area contributed by atoms with Crippen LogP contribution < -0.4 is 5.32 Å². The van der Waals surface area contributed by atoms with Crippen LogP contribution in [0, 0.1) is 0 Å². The zero-order valence-electron chi connectivity index (χ0n) is 15.2. The summed E-state index contributed by atoms with van der Waals surface area (Å²) in [6.07, 6.45) is 4.63. The molecule has 0 amide bonds. The van der Waals surface area contributed by atoms with Crippen molar-refractivity contribution >= 4 is 30.9 Å². The maximum Gasteiger partial charge on any atom is 0.403 e. The van der Waals surface area contributed by atoms with Gasteiger partial charge in [0.2, 0.25) is 0 Å². The predicted octanol–water partition coefficient (Wildman–Crippen LogP) is 2.99. The molecule has 3 rings (SSSR count). The summed E-state index contributed by atoms with van der Waals surface area (Å²) in [6.45, 7) is 4.13. The number of aliphatic imine (C=N–C) groups is 1. The van der Waals surface area contributed by atoms with Crippen LogP contribution in [0.5, 0.6) is 0 Å². The molecule has 1 aromatic carbocycles. The van der Waals surface area contributed by atoms with Crippen molar-refractivity contribution in [2.75, 3.05) is 38.0 Å². The van der Waals surface area contributed by atoms with Gasteiger partial charge in [-0.2, -0.15) is 0 Å². The van der Waals surface area contributed by atoms with Crippen LogP contribution in [0.15, 0.2) is 52.1 Å². The van der Waals surface area contributed by atoms with E-state index < -0.39 is 7.75 Å². The number of benzene rings is 1. The topological polar surface area (TPSA) is 88.4 Å². The van der Waals surface area contributed by atoms with E-state index in [2.05, 4.69) is 10.2 Å². The third kappa shape index (κ3) is 5.00. The molecule has 0 spiro atoms. The van der Waals surface area contributed by atoms with Crippen LogP contribution in [0.25, 0.3) is 0 Å². The Balaban J connectivity index is 1.92. The molecule has 3 N–H and O–H groups in total. The lowest BCUT2D eigenvalue weighted by atomic mass is 10.1. The predicted molar refractivity (Wildman–Crippen MR) is 109 cm³/mol. The third-order valence-corrected chi connectivity index (χ3v) is 5.91. The molecule has 1 fully saturated rings. The van der Waals surface area contributed by atoms with Crippen molar-refractivity contribution < 1.29 is 14.4 Å². The van der Waals surface area contributed by atoms with Crippen molar-refractivity contribution in [2.45, 2.75) is 13.3 Å². The van der Waals surface area contributed by atoms with Crippen molar-refractivity contribution in [1.82, 2.24) is 9.57 Å². The molecule has 2 heterocycles. The molecule has 7 nitrogen and oxygen atoms in total. The largest absolute Gasteiger partial charge is 0.403 e. The second-order valence-electron chi connectivity index (χ2n) is 6.42. The van der Waals surface area contributed by atoms with Gasteiger partial charge in [0, 0.05) is 42.5 Å². The van der Waals surface area contributed by atoms with Gasteiger partial charge in [0.1, 0.15) is 5.84 Å². The number of benzodiazepines with no additional fused rings is 1. The highest BCUT2D eigenvalue weighted by Gasteiger charge is 2.31. The second-order valence-corrected chi connectivity index (χ2v) is 8.45. The first-order valence-corrected chi connectivity index (χ1v) is 10.9. The van der Waals surface area contributed by atoms with Gasteiger partial charge in [-0.15, -0.1) is 0 Å². The number of rotatable bonds is 3. The molecule has 0 unspecified atom stereocenters. The van der Waals surface area contributed by atoms with Gasteiger partial charge in [-0.05, 0) is 24.6 Å². The van der Waals surface area contributed by atoms with Gasteiger partial charge in [0.15, 0.2) is 0 Å². The molecule has 0 radical (unpaired) electrons. The van der Waals surface area contributed by atoms with E-state index in [1.54, 1.807) is 0 Å². The maximum absolute atomic E-state index is 11.5. The Morgan fingerprint density at radius 1 is 1.30 bits per heavy atom. The van der Waals surface area contributed by atoms with Crippen molar-refractivity contribution in [3.63, 3.8) is 0 Å². The fourth-order valence-corrected chi connectivity index (χ4v) is 4.14. The Bertz CT molecular complexity index is 826. The number of nitrogens with zero attached hydrogens (tertiary/aromatic N) is 3. The lowest BCUT2D eigenvalue weighted by molar-refractivity contribution is 0.210. The summed E-state index contributed by atoms with van der Waals surface area (Å²) in [5.74, 6) is 0.799. The molecule has 2 aliphatic heterocycles. The number of anilines is 1. The maximum atomic E-state index is 11.5. The lowest BCUT2D eigenvalue weighted by Crippen LogP contribution is -2.47. The SMILES string of the molecule is CC/C=C(Cl)\C=C1/CNc2ccccc2C(N2CCN(P(=O)(O)O)CC2)=N1. The van der Waals surface area contributed by atoms with Gasteiger partial charge in [0.05, 0.1) is 12.2 Å². The van der Waals surface area contributed by atoms with E-state index in [0.717, 1.165) is 29.2 Å². The monoisotopic (exact) mass is 410 g/mol. The van der Waals surface area contributed by atoms with E-state index in [9.17, 15) is 14.4 Å². The number of allylic oxidation sites excluding steroid dienone is 3. The highest BCUT2D eigenvalue weighted by atomic mass is 35.5. The summed E-state index contributed by atoms with van der Waals surface area (Å²) < 4.78 is 12.7. The zero-order chi connectivity index (χ0) is 19.4. The summed E-state index contributed by atoms with van der Waals surface area (Å²) in [4.78, 5) is 25.7. The standard InChI is InChI=1S/C18H24ClN4O3P/c1-2-5-14(19)12-15-13-20-17-7-4-3-6-16(17)18(21-15)22-8-10-23(11-9-22)27(24,25)26/h3-7,12,20H,2,8-11,13H2,1H3,(H2,24,25,26)/b14-5+,15-12+. The smallest absolute Gasteiger partial charge is 0.379 e. The lowest BCUT2D eigenvalue weighted by Gasteiger charge is -2.36. The molecule has 0 aliphatic carbocycles. The van der Waals surface area contributed by atoms with E-state index in [0.29, 0.717) is 24.7 Å². The van der Waals surface area contributed by atoms with Crippen LogP contribution in [-0.4, -0.2) is 57.9 Å². The quantitative estimate of drug-likeness (QED) is 0.664. The third-order valence-electron chi connectivity index (χ3n) is 4.51. The van der Waals surface area contributed by atoms with E-state index in [4.69, 9.17) is 16.6 Å². The summed E-state index contributed by atoms with van der Waals surface area (Å²) in [5.41, 5.74) is 2.77. The van der Waals surface area contributed by atoms with E-state index in [-0.39, 0.29) is 13.1 Å². The van der Waals surface area contributed by atoms with E-state index >= 15 is 0 Å². The van der Waals surface area contributed by atoms with Crippen molar-refractivity contribution in [1.29, 1.82) is 0 Å². The molecular formula is C18H24ClN4O3P. The average molecular weight is 411 g/mol.